The lowest BCUT2D eigenvalue weighted by Crippen LogP contribution is -2.44. The molecule has 0 aromatic heterocycles. The molecule has 1 unspecified atom stereocenters. The van der Waals surface area contributed by atoms with Crippen LogP contribution in [0, 0.1) is 0 Å². The lowest BCUT2D eigenvalue weighted by Gasteiger charge is -2.23. The van der Waals surface area contributed by atoms with Crippen LogP contribution >= 0.6 is 0 Å². The number of nitrogens with zero attached hydrogens (tertiary/aromatic N) is 1. The Morgan fingerprint density at radius 3 is 2.65 bits per heavy atom. The molecule has 5 heteroatoms. The van der Waals surface area contributed by atoms with Crippen LogP contribution in [0.25, 0.3) is 0 Å². The average Bonchev–Trinajstić information content (AvgIpc) is 2.33. The first kappa shape index (κ1) is 16.4. The van der Waals surface area contributed by atoms with E-state index in [1.54, 1.807) is 7.11 Å². The predicted molar refractivity (Wildman–Crippen MR) is 70.1 cm³/mol. The lowest BCUT2D eigenvalue weighted by molar-refractivity contribution is -0.125. The molecule has 0 aliphatic carbocycles. The second kappa shape index (κ2) is 10.5. The summed E-state index contributed by atoms with van der Waals surface area (Å²) in [5.41, 5.74) is 0. The quantitative estimate of drug-likeness (QED) is 0.535. The minimum atomic E-state index is -0.0746. The van der Waals surface area contributed by atoms with Crippen molar-refractivity contribution >= 4 is 5.91 Å². The van der Waals surface area contributed by atoms with Gasteiger partial charge in [-0.25, -0.2) is 0 Å². The minimum Gasteiger partial charge on any atom is -0.385 e. The van der Waals surface area contributed by atoms with Gasteiger partial charge in [-0.2, -0.15) is 0 Å². The molecule has 1 amide bonds. The van der Waals surface area contributed by atoms with Gasteiger partial charge in [-0.3, -0.25) is 9.69 Å². The van der Waals surface area contributed by atoms with Crippen LogP contribution in [0.1, 0.15) is 19.8 Å². The third kappa shape index (κ3) is 8.12. The Kier molecular flexibility index (Phi) is 10.1. The molecule has 0 aromatic carbocycles. The minimum absolute atomic E-state index is 0.0746. The van der Waals surface area contributed by atoms with E-state index >= 15 is 0 Å². The van der Waals surface area contributed by atoms with Gasteiger partial charge in [0.25, 0.3) is 0 Å². The maximum absolute atomic E-state index is 11.8. The summed E-state index contributed by atoms with van der Waals surface area (Å²) in [6.45, 7) is 5.21. The summed E-state index contributed by atoms with van der Waals surface area (Å²) in [5.74, 6) is 0.0908. The van der Waals surface area contributed by atoms with E-state index < -0.39 is 0 Å². The van der Waals surface area contributed by atoms with Gasteiger partial charge >= 0.3 is 0 Å². The number of methoxy groups -OCH3 is 1. The summed E-state index contributed by atoms with van der Waals surface area (Å²) in [6.07, 6.45) is 1.91. The van der Waals surface area contributed by atoms with E-state index in [1.165, 1.54) is 0 Å². The maximum Gasteiger partial charge on any atom is 0.237 e. The van der Waals surface area contributed by atoms with Crippen molar-refractivity contribution in [3.05, 3.63) is 0 Å². The average molecular weight is 245 g/mol. The van der Waals surface area contributed by atoms with Gasteiger partial charge in [-0.15, -0.1) is 0 Å². The van der Waals surface area contributed by atoms with Crippen molar-refractivity contribution < 1.29 is 9.53 Å². The molecule has 0 aromatic rings. The van der Waals surface area contributed by atoms with Crippen LogP contribution in [-0.4, -0.2) is 64.3 Å². The van der Waals surface area contributed by atoms with E-state index in [1.807, 2.05) is 21.0 Å². The van der Waals surface area contributed by atoms with Crippen molar-refractivity contribution in [1.82, 2.24) is 15.5 Å². The number of carbonyl (C=O) groups excluding carboxylic acids is 1. The van der Waals surface area contributed by atoms with E-state index in [9.17, 15) is 4.79 Å². The molecule has 0 aliphatic heterocycles. The van der Waals surface area contributed by atoms with Gasteiger partial charge < -0.3 is 15.4 Å². The molecule has 0 heterocycles. The zero-order valence-electron chi connectivity index (χ0n) is 11.6. The van der Waals surface area contributed by atoms with Crippen molar-refractivity contribution in [1.29, 1.82) is 0 Å². The van der Waals surface area contributed by atoms with Crippen LogP contribution < -0.4 is 10.6 Å². The summed E-state index contributed by atoms with van der Waals surface area (Å²) in [7, 11) is 5.58. The Hall–Kier alpha value is -0.650. The first-order valence-electron chi connectivity index (χ1n) is 6.25. The first-order chi connectivity index (χ1) is 8.13. The molecule has 2 N–H and O–H groups in total. The van der Waals surface area contributed by atoms with Crippen LogP contribution in [0.4, 0.5) is 0 Å². The SMILES string of the molecule is CNCCCN(C)C(C)C(=O)NCCCOC. The smallest absolute Gasteiger partial charge is 0.237 e. The second-order valence-corrected chi connectivity index (χ2v) is 4.25. The second-order valence-electron chi connectivity index (χ2n) is 4.25. The van der Waals surface area contributed by atoms with Gasteiger partial charge in [0.05, 0.1) is 6.04 Å². The topological polar surface area (TPSA) is 53.6 Å². The highest BCUT2D eigenvalue weighted by atomic mass is 16.5. The van der Waals surface area contributed by atoms with Crippen LogP contribution in [-0.2, 0) is 9.53 Å². The Morgan fingerprint density at radius 2 is 2.06 bits per heavy atom. The third-order valence-corrected chi connectivity index (χ3v) is 2.80. The number of likely N-dealkylation sites (N-methyl/N-ethyl adjacent to an activating group) is 1. The van der Waals surface area contributed by atoms with Gasteiger partial charge in [0.2, 0.25) is 5.91 Å². The van der Waals surface area contributed by atoms with Crippen molar-refractivity contribution in [3.8, 4) is 0 Å². The van der Waals surface area contributed by atoms with Gasteiger partial charge in [-0.05, 0) is 47.0 Å². The van der Waals surface area contributed by atoms with Crippen LogP contribution in [0.15, 0.2) is 0 Å². The molecule has 1 atom stereocenters. The van der Waals surface area contributed by atoms with E-state index in [2.05, 4.69) is 15.5 Å². The van der Waals surface area contributed by atoms with E-state index in [0.717, 1.165) is 25.9 Å². The lowest BCUT2D eigenvalue weighted by atomic mass is 10.2. The summed E-state index contributed by atoms with van der Waals surface area (Å²) in [4.78, 5) is 13.8. The molecule has 0 saturated heterocycles. The molecule has 0 saturated carbocycles. The van der Waals surface area contributed by atoms with Crippen molar-refractivity contribution in [2.75, 3.05) is 47.4 Å². The number of rotatable bonds is 10. The normalized spacial score (nSPS) is 12.8. The molecule has 0 fully saturated rings. The molecule has 0 bridgehead atoms. The van der Waals surface area contributed by atoms with E-state index in [-0.39, 0.29) is 11.9 Å². The number of carbonyl (C=O) groups is 1. The van der Waals surface area contributed by atoms with Crippen molar-refractivity contribution in [2.24, 2.45) is 0 Å². The third-order valence-electron chi connectivity index (χ3n) is 2.80. The highest BCUT2D eigenvalue weighted by Gasteiger charge is 2.16. The van der Waals surface area contributed by atoms with Crippen molar-refractivity contribution in [2.45, 2.75) is 25.8 Å². The Balaban J connectivity index is 3.70. The number of hydrogen-bond donors (Lipinski definition) is 2. The predicted octanol–water partition coefficient (Wildman–Crippen LogP) is 0.0689. The highest BCUT2D eigenvalue weighted by molar-refractivity contribution is 5.81. The largest absolute Gasteiger partial charge is 0.385 e. The summed E-state index contributed by atoms with van der Waals surface area (Å²) in [5, 5.41) is 6.01. The highest BCUT2D eigenvalue weighted by Crippen LogP contribution is 1.97. The van der Waals surface area contributed by atoms with Gasteiger partial charge in [0, 0.05) is 20.3 Å². The fourth-order valence-corrected chi connectivity index (χ4v) is 1.47. The Bertz CT molecular complexity index is 200. The Morgan fingerprint density at radius 1 is 1.35 bits per heavy atom. The molecule has 5 nitrogen and oxygen atoms in total. The van der Waals surface area contributed by atoms with Crippen LogP contribution in [0.3, 0.4) is 0 Å². The molecular weight excluding hydrogens is 218 g/mol. The molecule has 0 radical (unpaired) electrons. The molecular formula is C12H27N3O2. The van der Waals surface area contributed by atoms with E-state index in [4.69, 9.17) is 4.74 Å². The number of hydrogen-bond acceptors (Lipinski definition) is 4. The van der Waals surface area contributed by atoms with Gasteiger partial charge in [-0.1, -0.05) is 0 Å². The monoisotopic (exact) mass is 245 g/mol. The van der Waals surface area contributed by atoms with Gasteiger partial charge in [0.1, 0.15) is 0 Å². The molecule has 0 rings (SSSR count). The fourth-order valence-electron chi connectivity index (χ4n) is 1.47. The number of ether oxygens (including phenoxy) is 1. The molecule has 0 aliphatic rings. The summed E-state index contributed by atoms with van der Waals surface area (Å²) < 4.78 is 4.93. The van der Waals surface area contributed by atoms with Gasteiger partial charge in [0.15, 0.2) is 0 Å². The number of amides is 1. The van der Waals surface area contributed by atoms with E-state index in [0.29, 0.717) is 13.2 Å². The van der Waals surface area contributed by atoms with Crippen molar-refractivity contribution in [3.63, 3.8) is 0 Å². The standard InChI is InChI=1S/C12H27N3O2/c1-11(15(3)9-5-7-13-2)12(16)14-8-6-10-17-4/h11,13H,5-10H2,1-4H3,(H,14,16). The van der Waals surface area contributed by atoms with Crippen LogP contribution in [0.5, 0.6) is 0 Å². The van der Waals surface area contributed by atoms with Crippen LogP contribution in [0.2, 0.25) is 0 Å². The zero-order valence-corrected chi connectivity index (χ0v) is 11.6. The summed E-state index contributed by atoms with van der Waals surface area (Å²) >= 11 is 0. The molecule has 17 heavy (non-hydrogen) atoms. The number of nitrogens with one attached hydrogen (secondary N) is 2. The molecule has 102 valence electrons. The Labute approximate surface area is 105 Å². The maximum atomic E-state index is 11.8. The zero-order chi connectivity index (χ0) is 13.1. The first-order valence-corrected chi connectivity index (χ1v) is 6.25. The molecule has 0 spiro atoms. The fraction of sp³-hybridized carbons (Fsp3) is 0.917. The summed E-state index contributed by atoms with van der Waals surface area (Å²) in [6, 6.07) is -0.0746.